The molecule has 0 saturated heterocycles. The Morgan fingerprint density at radius 2 is 2.00 bits per heavy atom. The molecule has 0 heterocycles. The molecular weight excluding hydrogens is 242 g/mol. The minimum Gasteiger partial charge on any atom is -0.465 e. The number of aliphatic hydroxyl groups is 1. The highest BCUT2D eigenvalue weighted by Crippen LogP contribution is 2.06. The molecule has 0 atom stereocenters. The van der Waals surface area contributed by atoms with E-state index in [1.165, 1.54) is 5.56 Å². The topological polar surface area (TPSA) is 49.8 Å². The number of hydrogen-bond acceptors (Lipinski definition) is 4. The summed E-state index contributed by atoms with van der Waals surface area (Å²) in [6.07, 6.45) is 1.64. The van der Waals surface area contributed by atoms with Gasteiger partial charge in [0, 0.05) is 13.2 Å². The van der Waals surface area contributed by atoms with Crippen molar-refractivity contribution < 1.29 is 14.6 Å². The van der Waals surface area contributed by atoms with Crippen molar-refractivity contribution in [1.29, 1.82) is 0 Å². The molecule has 0 aliphatic carbocycles. The fourth-order valence-electron chi connectivity index (χ4n) is 1.89. The Bertz CT molecular complexity index is 354. The molecule has 1 aromatic carbocycles. The van der Waals surface area contributed by atoms with Crippen LogP contribution in [0.15, 0.2) is 30.3 Å². The number of rotatable bonds is 9. The molecule has 0 amide bonds. The van der Waals surface area contributed by atoms with Gasteiger partial charge in [-0.05, 0) is 31.9 Å². The van der Waals surface area contributed by atoms with Crippen LogP contribution in [0.4, 0.5) is 0 Å². The lowest BCUT2D eigenvalue weighted by Crippen LogP contribution is -2.31. The van der Waals surface area contributed by atoms with E-state index in [9.17, 15) is 4.79 Å². The summed E-state index contributed by atoms with van der Waals surface area (Å²) in [6, 6.07) is 10.1. The number of benzene rings is 1. The summed E-state index contributed by atoms with van der Waals surface area (Å²) >= 11 is 0. The molecule has 106 valence electrons. The van der Waals surface area contributed by atoms with Gasteiger partial charge in [-0.25, -0.2) is 0 Å². The number of hydrogen-bond donors (Lipinski definition) is 1. The van der Waals surface area contributed by atoms with Crippen molar-refractivity contribution in [3.05, 3.63) is 35.9 Å². The number of carbonyl (C=O) groups is 1. The van der Waals surface area contributed by atoms with Crippen molar-refractivity contribution in [2.45, 2.75) is 26.3 Å². The third-order valence-corrected chi connectivity index (χ3v) is 2.79. The van der Waals surface area contributed by atoms with Gasteiger partial charge < -0.3 is 9.84 Å². The van der Waals surface area contributed by atoms with E-state index < -0.39 is 0 Å². The van der Waals surface area contributed by atoms with E-state index in [1.807, 2.05) is 37.3 Å². The minimum atomic E-state index is -0.192. The van der Waals surface area contributed by atoms with E-state index >= 15 is 0 Å². The van der Waals surface area contributed by atoms with Gasteiger partial charge >= 0.3 is 5.97 Å². The monoisotopic (exact) mass is 265 g/mol. The Kier molecular flexibility index (Phi) is 7.86. The van der Waals surface area contributed by atoms with Crippen LogP contribution in [-0.2, 0) is 16.1 Å². The molecule has 0 unspecified atom stereocenters. The first-order valence-corrected chi connectivity index (χ1v) is 6.79. The fourth-order valence-corrected chi connectivity index (χ4v) is 1.89. The summed E-state index contributed by atoms with van der Waals surface area (Å²) in [5.74, 6) is -0.192. The van der Waals surface area contributed by atoms with Crippen molar-refractivity contribution in [1.82, 2.24) is 4.90 Å². The lowest BCUT2D eigenvalue weighted by Gasteiger charge is -2.21. The first-order valence-electron chi connectivity index (χ1n) is 6.79. The Morgan fingerprint density at radius 3 is 2.63 bits per heavy atom. The average Bonchev–Trinajstić information content (AvgIpc) is 2.40. The van der Waals surface area contributed by atoms with Crippen LogP contribution in [0.25, 0.3) is 0 Å². The molecule has 1 aromatic rings. The highest BCUT2D eigenvalue weighted by molar-refractivity contribution is 5.71. The smallest absolute Gasteiger partial charge is 0.320 e. The van der Waals surface area contributed by atoms with Crippen molar-refractivity contribution in [2.75, 3.05) is 26.3 Å². The van der Waals surface area contributed by atoms with Crippen LogP contribution in [0.3, 0.4) is 0 Å². The average molecular weight is 265 g/mol. The second-order valence-electron chi connectivity index (χ2n) is 4.43. The molecule has 19 heavy (non-hydrogen) atoms. The van der Waals surface area contributed by atoms with Gasteiger partial charge in [-0.3, -0.25) is 9.69 Å². The molecular formula is C15H23NO3. The van der Waals surface area contributed by atoms with E-state index in [2.05, 4.69) is 4.90 Å². The third-order valence-electron chi connectivity index (χ3n) is 2.79. The predicted octanol–water partition coefficient (Wildman–Crippen LogP) is 1.82. The van der Waals surface area contributed by atoms with Crippen LogP contribution in [0.2, 0.25) is 0 Å². The standard InChI is InChI=1S/C15H23NO3/c1-2-19-15(18)13-16(10-6-7-11-17)12-14-8-4-3-5-9-14/h3-5,8-9,17H,2,6-7,10-13H2,1H3. The summed E-state index contributed by atoms with van der Waals surface area (Å²) in [4.78, 5) is 13.6. The maximum atomic E-state index is 11.6. The van der Waals surface area contributed by atoms with Crippen LogP contribution in [0, 0.1) is 0 Å². The molecule has 1 rings (SSSR count). The lowest BCUT2D eigenvalue weighted by molar-refractivity contribution is -0.144. The van der Waals surface area contributed by atoms with E-state index in [-0.39, 0.29) is 12.6 Å². The van der Waals surface area contributed by atoms with Crippen molar-refractivity contribution in [3.8, 4) is 0 Å². The van der Waals surface area contributed by atoms with E-state index in [0.29, 0.717) is 13.2 Å². The highest BCUT2D eigenvalue weighted by Gasteiger charge is 2.11. The zero-order chi connectivity index (χ0) is 13.9. The summed E-state index contributed by atoms with van der Waals surface area (Å²) in [5, 5.41) is 8.82. The number of aliphatic hydroxyl groups excluding tert-OH is 1. The molecule has 0 radical (unpaired) electrons. The number of esters is 1. The summed E-state index contributed by atoms with van der Waals surface area (Å²) < 4.78 is 4.99. The Labute approximate surface area is 115 Å². The van der Waals surface area contributed by atoms with Gasteiger partial charge in [0.25, 0.3) is 0 Å². The second-order valence-corrected chi connectivity index (χ2v) is 4.43. The second kappa shape index (κ2) is 9.53. The first-order chi connectivity index (χ1) is 9.26. The molecule has 1 N–H and O–H groups in total. The largest absolute Gasteiger partial charge is 0.465 e. The lowest BCUT2D eigenvalue weighted by atomic mass is 10.2. The molecule has 0 spiro atoms. The molecule has 4 nitrogen and oxygen atoms in total. The van der Waals surface area contributed by atoms with Gasteiger partial charge in [-0.15, -0.1) is 0 Å². The van der Waals surface area contributed by atoms with Gasteiger partial charge in [0.05, 0.1) is 13.2 Å². The fraction of sp³-hybridized carbons (Fsp3) is 0.533. The van der Waals surface area contributed by atoms with Crippen molar-refractivity contribution in [2.24, 2.45) is 0 Å². The third kappa shape index (κ3) is 6.94. The highest BCUT2D eigenvalue weighted by atomic mass is 16.5. The zero-order valence-electron chi connectivity index (χ0n) is 11.5. The zero-order valence-corrected chi connectivity index (χ0v) is 11.5. The molecule has 0 saturated carbocycles. The summed E-state index contributed by atoms with van der Waals surface area (Å²) in [5.41, 5.74) is 1.18. The number of unbranched alkanes of at least 4 members (excludes halogenated alkanes) is 1. The number of carbonyl (C=O) groups excluding carboxylic acids is 1. The minimum absolute atomic E-state index is 0.192. The van der Waals surface area contributed by atoms with E-state index in [1.54, 1.807) is 0 Å². The number of nitrogens with zero attached hydrogens (tertiary/aromatic N) is 1. The first kappa shape index (κ1) is 15.7. The van der Waals surface area contributed by atoms with Crippen LogP contribution >= 0.6 is 0 Å². The van der Waals surface area contributed by atoms with E-state index in [4.69, 9.17) is 9.84 Å². The molecule has 0 fully saturated rings. The predicted molar refractivity (Wildman–Crippen MR) is 74.7 cm³/mol. The van der Waals surface area contributed by atoms with Gasteiger partial charge in [0.15, 0.2) is 0 Å². The summed E-state index contributed by atoms with van der Waals surface area (Å²) in [6.45, 7) is 4.23. The molecule has 4 heteroatoms. The Morgan fingerprint density at radius 1 is 1.26 bits per heavy atom. The van der Waals surface area contributed by atoms with E-state index in [0.717, 1.165) is 25.9 Å². The van der Waals surface area contributed by atoms with Crippen LogP contribution in [0.5, 0.6) is 0 Å². The van der Waals surface area contributed by atoms with Crippen molar-refractivity contribution in [3.63, 3.8) is 0 Å². The van der Waals surface area contributed by atoms with Crippen molar-refractivity contribution >= 4 is 5.97 Å². The Hall–Kier alpha value is -1.39. The van der Waals surface area contributed by atoms with Crippen LogP contribution < -0.4 is 0 Å². The molecule has 0 aliphatic rings. The van der Waals surface area contributed by atoms with Gasteiger partial charge in [0.1, 0.15) is 0 Å². The molecule has 0 aromatic heterocycles. The maximum absolute atomic E-state index is 11.6. The number of ether oxygens (including phenoxy) is 1. The van der Waals surface area contributed by atoms with Gasteiger partial charge in [-0.1, -0.05) is 30.3 Å². The quantitative estimate of drug-likeness (QED) is 0.546. The van der Waals surface area contributed by atoms with Crippen LogP contribution in [-0.4, -0.2) is 42.3 Å². The molecule has 0 bridgehead atoms. The summed E-state index contributed by atoms with van der Waals surface area (Å²) in [7, 11) is 0. The maximum Gasteiger partial charge on any atom is 0.320 e. The Balaban J connectivity index is 2.50. The normalized spacial score (nSPS) is 10.7. The molecule has 0 aliphatic heterocycles. The SMILES string of the molecule is CCOC(=O)CN(CCCCO)Cc1ccccc1. The van der Waals surface area contributed by atoms with Crippen LogP contribution in [0.1, 0.15) is 25.3 Å². The van der Waals surface area contributed by atoms with Gasteiger partial charge in [-0.2, -0.15) is 0 Å². The van der Waals surface area contributed by atoms with Gasteiger partial charge in [0.2, 0.25) is 0 Å².